The van der Waals surface area contributed by atoms with Crippen LogP contribution >= 0.6 is 11.6 Å². The number of ether oxygens (including phenoxy) is 1. The molecule has 0 aliphatic heterocycles. The van der Waals surface area contributed by atoms with Gasteiger partial charge in [-0.05, 0) is 18.2 Å². The molecule has 0 radical (unpaired) electrons. The van der Waals surface area contributed by atoms with Crippen LogP contribution in [0.2, 0.25) is 5.02 Å². The first-order valence-corrected chi connectivity index (χ1v) is 5.54. The molecule has 0 spiro atoms. The summed E-state index contributed by atoms with van der Waals surface area (Å²) in [6, 6.07) is 4.84. The molecule has 7 heteroatoms. The van der Waals surface area contributed by atoms with E-state index in [9.17, 15) is 14.0 Å². The highest BCUT2D eigenvalue weighted by molar-refractivity contribution is 6.32. The summed E-state index contributed by atoms with van der Waals surface area (Å²) >= 11 is 5.87. The van der Waals surface area contributed by atoms with Crippen molar-refractivity contribution in [2.45, 2.75) is 0 Å². The highest BCUT2D eigenvalue weighted by atomic mass is 35.5. The van der Waals surface area contributed by atoms with Gasteiger partial charge in [-0.2, -0.15) is 5.10 Å². The molecule has 2 aromatic rings. The van der Waals surface area contributed by atoms with E-state index in [1.165, 1.54) is 23.0 Å². The van der Waals surface area contributed by atoms with Crippen LogP contribution in [0.25, 0.3) is 5.69 Å². The Morgan fingerprint density at radius 1 is 1.42 bits per heavy atom. The van der Waals surface area contributed by atoms with Gasteiger partial charge in [0.2, 0.25) is 11.1 Å². The Kier molecular flexibility index (Phi) is 3.62. The van der Waals surface area contributed by atoms with Crippen LogP contribution < -0.4 is 5.43 Å². The van der Waals surface area contributed by atoms with Crippen LogP contribution in [-0.2, 0) is 4.74 Å². The van der Waals surface area contributed by atoms with Crippen LogP contribution in [0.15, 0.2) is 35.3 Å². The number of hydrogen-bond acceptors (Lipinski definition) is 4. The molecule has 19 heavy (non-hydrogen) atoms. The third-order valence-electron chi connectivity index (χ3n) is 2.34. The van der Waals surface area contributed by atoms with Crippen LogP contribution in [-0.4, -0.2) is 22.9 Å². The van der Waals surface area contributed by atoms with Crippen LogP contribution in [0.5, 0.6) is 0 Å². The minimum Gasteiger partial charge on any atom is -0.464 e. The zero-order chi connectivity index (χ0) is 14.0. The van der Waals surface area contributed by atoms with E-state index in [0.29, 0.717) is 5.69 Å². The van der Waals surface area contributed by atoms with Crippen LogP contribution in [0.3, 0.4) is 0 Å². The molecular formula is C12H8ClFN2O3. The molecule has 0 fully saturated rings. The quantitative estimate of drug-likeness (QED) is 0.788. The van der Waals surface area contributed by atoms with Gasteiger partial charge in [0, 0.05) is 12.3 Å². The second kappa shape index (κ2) is 5.19. The third kappa shape index (κ3) is 2.63. The van der Waals surface area contributed by atoms with Crippen molar-refractivity contribution in [1.82, 2.24) is 9.78 Å². The predicted octanol–water partition coefficient (Wildman–Crippen LogP) is 1.81. The van der Waals surface area contributed by atoms with Crippen LogP contribution in [0.1, 0.15) is 10.5 Å². The molecule has 2 rings (SSSR count). The number of benzene rings is 1. The van der Waals surface area contributed by atoms with Gasteiger partial charge in [0.25, 0.3) is 0 Å². The molecule has 0 N–H and O–H groups in total. The first-order chi connectivity index (χ1) is 9.02. The molecule has 5 nitrogen and oxygen atoms in total. The predicted molar refractivity (Wildman–Crippen MR) is 66.1 cm³/mol. The Balaban J connectivity index is 2.57. The monoisotopic (exact) mass is 282 g/mol. The van der Waals surface area contributed by atoms with Gasteiger partial charge in [0.05, 0.1) is 17.8 Å². The number of esters is 1. The van der Waals surface area contributed by atoms with Gasteiger partial charge in [-0.1, -0.05) is 11.6 Å². The van der Waals surface area contributed by atoms with Gasteiger partial charge in [0.15, 0.2) is 0 Å². The Hall–Kier alpha value is -2.21. The second-order valence-electron chi connectivity index (χ2n) is 3.56. The molecule has 0 unspecified atom stereocenters. The molecule has 1 aromatic carbocycles. The summed E-state index contributed by atoms with van der Waals surface area (Å²) in [5, 5.41) is 3.93. The first kappa shape index (κ1) is 13.2. The van der Waals surface area contributed by atoms with Gasteiger partial charge < -0.3 is 4.74 Å². The molecule has 0 amide bonds. The maximum Gasteiger partial charge on any atom is 0.362 e. The molecule has 0 bridgehead atoms. The van der Waals surface area contributed by atoms with E-state index in [0.717, 1.165) is 19.2 Å². The van der Waals surface area contributed by atoms with E-state index in [2.05, 4.69) is 9.84 Å². The molecule has 98 valence electrons. The number of carbonyl (C=O) groups excluding carboxylic acids is 1. The Labute approximate surface area is 112 Å². The van der Waals surface area contributed by atoms with Gasteiger partial charge in [-0.3, -0.25) is 4.79 Å². The van der Waals surface area contributed by atoms with Crippen molar-refractivity contribution in [1.29, 1.82) is 0 Å². The SMILES string of the molecule is COC(=O)c1nn(-c2ccc(F)cc2Cl)ccc1=O. The Morgan fingerprint density at radius 2 is 2.16 bits per heavy atom. The minimum absolute atomic E-state index is 0.104. The molecule has 0 saturated heterocycles. The van der Waals surface area contributed by atoms with E-state index in [4.69, 9.17) is 11.6 Å². The minimum atomic E-state index is -0.849. The van der Waals surface area contributed by atoms with E-state index in [1.807, 2.05) is 0 Å². The smallest absolute Gasteiger partial charge is 0.362 e. The summed E-state index contributed by atoms with van der Waals surface area (Å²) < 4.78 is 18.6. The standard InChI is InChI=1S/C12H8ClFN2O3/c1-19-12(18)11-10(17)4-5-16(15-11)9-3-2-7(14)6-8(9)13/h2-6H,1H3. The molecule has 0 atom stereocenters. The van der Waals surface area contributed by atoms with Gasteiger partial charge in [0.1, 0.15) is 5.82 Å². The normalized spacial score (nSPS) is 10.3. The average molecular weight is 283 g/mol. The van der Waals surface area contributed by atoms with E-state index >= 15 is 0 Å². The lowest BCUT2D eigenvalue weighted by atomic mass is 10.3. The number of methoxy groups -OCH3 is 1. The van der Waals surface area contributed by atoms with Crippen molar-refractivity contribution >= 4 is 17.6 Å². The summed E-state index contributed by atoms with van der Waals surface area (Å²) in [6.07, 6.45) is 1.33. The van der Waals surface area contributed by atoms with E-state index < -0.39 is 17.2 Å². The van der Waals surface area contributed by atoms with Crippen molar-refractivity contribution in [3.05, 3.63) is 57.2 Å². The zero-order valence-electron chi connectivity index (χ0n) is 9.76. The van der Waals surface area contributed by atoms with Crippen LogP contribution in [0.4, 0.5) is 4.39 Å². The number of rotatable bonds is 2. The van der Waals surface area contributed by atoms with Crippen molar-refractivity contribution in [2.24, 2.45) is 0 Å². The molecular weight excluding hydrogens is 275 g/mol. The summed E-state index contributed by atoms with van der Waals surface area (Å²) in [7, 11) is 1.14. The van der Waals surface area contributed by atoms with Crippen LogP contribution in [0, 0.1) is 5.82 Å². The number of hydrogen-bond donors (Lipinski definition) is 0. The largest absolute Gasteiger partial charge is 0.464 e. The molecule has 0 aliphatic rings. The number of carbonyl (C=O) groups is 1. The fourth-order valence-corrected chi connectivity index (χ4v) is 1.70. The third-order valence-corrected chi connectivity index (χ3v) is 2.65. The Bertz CT molecular complexity index is 700. The molecule has 1 heterocycles. The van der Waals surface area contributed by atoms with Gasteiger partial charge >= 0.3 is 5.97 Å². The fraction of sp³-hybridized carbons (Fsp3) is 0.0833. The lowest BCUT2D eigenvalue weighted by Crippen LogP contribution is -2.21. The summed E-state index contributed by atoms with van der Waals surface area (Å²) in [5.74, 6) is -1.35. The fourth-order valence-electron chi connectivity index (χ4n) is 1.45. The van der Waals surface area contributed by atoms with E-state index in [1.54, 1.807) is 0 Å². The molecule has 0 aliphatic carbocycles. The second-order valence-corrected chi connectivity index (χ2v) is 3.97. The summed E-state index contributed by atoms with van der Waals surface area (Å²) in [5.41, 5.74) is -0.597. The van der Waals surface area contributed by atoms with Crippen molar-refractivity contribution in [3.63, 3.8) is 0 Å². The first-order valence-electron chi connectivity index (χ1n) is 5.16. The highest BCUT2D eigenvalue weighted by Crippen LogP contribution is 2.20. The zero-order valence-corrected chi connectivity index (χ0v) is 10.5. The maximum atomic E-state index is 13.0. The van der Waals surface area contributed by atoms with Crippen molar-refractivity contribution in [3.8, 4) is 5.69 Å². The number of nitrogens with zero attached hydrogens (tertiary/aromatic N) is 2. The number of aromatic nitrogens is 2. The highest BCUT2D eigenvalue weighted by Gasteiger charge is 2.14. The van der Waals surface area contributed by atoms with E-state index in [-0.39, 0.29) is 10.7 Å². The summed E-state index contributed by atoms with van der Waals surface area (Å²) in [6.45, 7) is 0. The maximum absolute atomic E-state index is 13.0. The Morgan fingerprint density at radius 3 is 2.79 bits per heavy atom. The van der Waals surface area contributed by atoms with Gasteiger partial charge in [-0.15, -0.1) is 0 Å². The van der Waals surface area contributed by atoms with Crippen molar-refractivity contribution in [2.75, 3.05) is 7.11 Å². The molecule has 1 aromatic heterocycles. The lowest BCUT2D eigenvalue weighted by Gasteiger charge is -2.08. The van der Waals surface area contributed by atoms with Gasteiger partial charge in [-0.25, -0.2) is 13.9 Å². The average Bonchev–Trinajstić information content (AvgIpc) is 2.39. The topological polar surface area (TPSA) is 61.2 Å². The number of halogens is 2. The summed E-state index contributed by atoms with van der Waals surface area (Å²) in [4.78, 5) is 22.8. The van der Waals surface area contributed by atoms with Crippen molar-refractivity contribution < 1.29 is 13.9 Å². The molecule has 0 saturated carbocycles. The lowest BCUT2D eigenvalue weighted by molar-refractivity contribution is 0.0590.